The second-order valence-electron chi connectivity index (χ2n) is 6.64. The van der Waals surface area contributed by atoms with Gasteiger partial charge in [-0.25, -0.2) is 0 Å². The Balaban J connectivity index is 1.65. The van der Waals surface area contributed by atoms with E-state index >= 15 is 0 Å². The van der Waals surface area contributed by atoms with Crippen LogP contribution < -0.4 is 14.8 Å². The summed E-state index contributed by atoms with van der Waals surface area (Å²) in [6.07, 6.45) is 1.26. The lowest BCUT2D eigenvalue weighted by atomic mass is 10.1. The van der Waals surface area contributed by atoms with Crippen LogP contribution in [0, 0.1) is 5.92 Å². The molecule has 2 unspecified atom stereocenters. The molecule has 0 spiro atoms. The van der Waals surface area contributed by atoms with E-state index < -0.39 is 5.97 Å². The third-order valence-corrected chi connectivity index (χ3v) is 4.79. The van der Waals surface area contributed by atoms with Crippen molar-refractivity contribution in [2.75, 3.05) is 19.5 Å². The van der Waals surface area contributed by atoms with Gasteiger partial charge in [-0.1, -0.05) is 12.1 Å². The quantitative estimate of drug-likeness (QED) is 0.744. The minimum absolute atomic E-state index is 0.0414. The van der Waals surface area contributed by atoms with E-state index in [2.05, 4.69) is 5.32 Å². The summed E-state index contributed by atoms with van der Waals surface area (Å²) in [5.41, 5.74) is 2.55. The van der Waals surface area contributed by atoms with E-state index in [0.717, 1.165) is 29.0 Å². The summed E-state index contributed by atoms with van der Waals surface area (Å²) in [6, 6.07) is 12.9. The fourth-order valence-electron chi connectivity index (χ4n) is 3.25. The molecule has 0 heterocycles. The van der Waals surface area contributed by atoms with E-state index in [1.807, 2.05) is 42.5 Å². The largest absolute Gasteiger partial charge is 0.497 e. The normalized spacial score (nSPS) is 17.9. The molecule has 2 aromatic carbocycles. The number of aryl methyl sites for hydroxylation is 1. The predicted octanol–water partition coefficient (Wildman–Crippen LogP) is 3.46. The number of benzene rings is 2. The van der Waals surface area contributed by atoms with Gasteiger partial charge < -0.3 is 19.9 Å². The van der Waals surface area contributed by atoms with Crippen LogP contribution in [0.1, 0.15) is 29.9 Å². The van der Waals surface area contributed by atoms with Gasteiger partial charge in [0.1, 0.15) is 11.5 Å². The SMILES string of the molecule is COc1ccc(OC)c(C2CC2C(=O)Nc2cccc(CCC(=O)O)c2)c1. The van der Waals surface area contributed by atoms with Gasteiger partial charge in [0.05, 0.1) is 14.2 Å². The van der Waals surface area contributed by atoms with Crippen molar-refractivity contribution in [2.45, 2.75) is 25.2 Å². The van der Waals surface area contributed by atoms with Crippen molar-refractivity contribution >= 4 is 17.6 Å². The van der Waals surface area contributed by atoms with Crippen LogP contribution in [-0.4, -0.2) is 31.2 Å². The number of aliphatic carboxylic acids is 1. The maximum absolute atomic E-state index is 12.6. The highest BCUT2D eigenvalue weighted by molar-refractivity contribution is 5.95. The minimum atomic E-state index is -0.836. The van der Waals surface area contributed by atoms with Crippen molar-refractivity contribution in [3.63, 3.8) is 0 Å². The molecule has 27 heavy (non-hydrogen) atoms. The molecule has 2 atom stereocenters. The third-order valence-electron chi connectivity index (χ3n) is 4.79. The Morgan fingerprint density at radius 3 is 2.67 bits per heavy atom. The number of hydrogen-bond donors (Lipinski definition) is 2. The lowest BCUT2D eigenvalue weighted by Crippen LogP contribution is -2.14. The van der Waals surface area contributed by atoms with Crippen molar-refractivity contribution in [1.29, 1.82) is 0 Å². The molecule has 1 fully saturated rings. The van der Waals surface area contributed by atoms with Crippen molar-refractivity contribution in [3.05, 3.63) is 53.6 Å². The number of nitrogens with one attached hydrogen (secondary N) is 1. The predicted molar refractivity (Wildman–Crippen MR) is 101 cm³/mol. The minimum Gasteiger partial charge on any atom is -0.497 e. The second kappa shape index (κ2) is 8.12. The first-order valence-electron chi connectivity index (χ1n) is 8.85. The lowest BCUT2D eigenvalue weighted by molar-refractivity contribution is -0.137. The molecule has 3 rings (SSSR count). The molecule has 6 heteroatoms. The van der Waals surface area contributed by atoms with E-state index in [1.54, 1.807) is 14.2 Å². The zero-order chi connectivity index (χ0) is 19.4. The van der Waals surface area contributed by atoms with Crippen LogP contribution in [0.4, 0.5) is 5.69 Å². The van der Waals surface area contributed by atoms with Gasteiger partial charge in [0.2, 0.25) is 5.91 Å². The van der Waals surface area contributed by atoms with Crippen molar-refractivity contribution in [1.82, 2.24) is 0 Å². The van der Waals surface area contributed by atoms with E-state index in [0.29, 0.717) is 12.1 Å². The first-order valence-corrected chi connectivity index (χ1v) is 8.85. The topological polar surface area (TPSA) is 84.9 Å². The van der Waals surface area contributed by atoms with Crippen LogP contribution in [0.2, 0.25) is 0 Å². The molecular formula is C21H23NO5. The summed E-state index contributed by atoms with van der Waals surface area (Å²) in [7, 11) is 3.23. The maximum atomic E-state index is 12.6. The molecule has 0 radical (unpaired) electrons. The fourth-order valence-corrected chi connectivity index (χ4v) is 3.25. The number of ether oxygens (including phenoxy) is 2. The molecular weight excluding hydrogens is 346 g/mol. The number of carbonyl (C=O) groups is 2. The smallest absolute Gasteiger partial charge is 0.303 e. The van der Waals surface area contributed by atoms with Crippen LogP contribution in [-0.2, 0) is 16.0 Å². The highest BCUT2D eigenvalue weighted by Crippen LogP contribution is 2.51. The van der Waals surface area contributed by atoms with Gasteiger partial charge in [0.15, 0.2) is 0 Å². The van der Waals surface area contributed by atoms with Crippen molar-refractivity contribution in [2.24, 2.45) is 5.92 Å². The van der Waals surface area contributed by atoms with Gasteiger partial charge in [-0.2, -0.15) is 0 Å². The van der Waals surface area contributed by atoms with Gasteiger partial charge in [0, 0.05) is 29.5 Å². The molecule has 1 amide bonds. The third kappa shape index (κ3) is 4.58. The molecule has 142 valence electrons. The average molecular weight is 369 g/mol. The highest BCUT2D eigenvalue weighted by Gasteiger charge is 2.45. The number of amides is 1. The summed E-state index contributed by atoms with van der Waals surface area (Å²) in [5.74, 6) is 0.603. The Labute approximate surface area is 158 Å². The lowest BCUT2D eigenvalue weighted by Gasteiger charge is -2.11. The molecule has 6 nitrogen and oxygen atoms in total. The van der Waals surface area contributed by atoms with Gasteiger partial charge in [-0.15, -0.1) is 0 Å². The van der Waals surface area contributed by atoms with Crippen LogP contribution in [0.25, 0.3) is 0 Å². The number of methoxy groups -OCH3 is 2. The molecule has 2 N–H and O–H groups in total. The van der Waals surface area contributed by atoms with Gasteiger partial charge in [-0.3, -0.25) is 9.59 Å². The molecule has 0 aliphatic heterocycles. The average Bonchev–Trinajstić information content (AvgIpc) is 3.47. The van der Waals surface area contributed by atoms with E-state index in [-0.39, 0.29) is 24.2 Å². The molecule has 0 aromatic heterocycles. The number of carboxylic acid groups (broad SMARTS) is 1. The molecule has 1 saturated carbocycles. The van der Waals surface area contributed by atoms with E-state index in [9.17, 15) is 9.59 Å². The first kappa shape index (κ1) is 18.8. The second-order valence-corrected chi connectivity index (χ2v) is 6.64. The zero-order valence-corrected chi connectivity index (χ0v) is 15.4. The summed E-state index contributed by atoms with van der Waals surface area (Å²) in [6.45, 7) is 0. The fraction of sp³-hybridized carbons (Fsp3) is 0.333. The van der Waals surface area contributed by atoms with E-state index in [1.165, 1.54) is 0 Å². The molecule has 0 saturated heterocycles. The molecule has 2 aromatic rings. The Morgan fingerprint density at radius 2 is 1.96 bits per heavy atom. The monoisotopic (exact) mass is 369 g/mol. The van der Waals surface area contributed by atoms with Crippen LogP contribution in [0.3, 0.4) is 0 Å². The van der Waals surface area contributed by atoms with Gasteiger partial charge in [0.25, 0.3) is 0 Å². The van der Waals surface area contributed by atoms with Crippen molar-refractivity contribution < 1.29 is 24.2 Å². The molecule has 1 aliphatic rings. The van der Waals surface area contributed by atoms with Crippen LogP contribution >= 0.6 is 0 Å². The Hall–Kier alpha value is -3.02. The van der Waals surface area contributed by atoms with Crippen LogP contribution in [0.5, 0.6) is 11.5 Å². The number of hydrogen-bond acceptors (Lipinski definition) is 4. The summed E-state index contributed by atoms with van der Waals surface area (Å²) < 4.78 is 10.7. The van der Waals surface area contributed by atoms with E-state index in [4.69, 9.17) is 14.6 Å². The number of carboxylic acids is 1. The Morgan fingerprint density at radius 1 is 1.15 bits per heavy atom. The maximum Gasteiger partial charge on any atom is 0.303 e. The summed E-state index contributed by atoms with van der Waals surface area (Å²) >= 11 is 0. The standard InChI is InChI=1S/C21H23NO5/c1-26-15-7-8-19(27-2)17(11-15)16-12-18(16)21(25)22-14-5-3-4-13(10-14)6-9-20(23)24/h3-5,7-8,10-11,16,18H,6,9,12H2,1-2H3,(H,22,25)(H,23,24). The van der Waals surface area contributed by atoms with Gasteiger partial charge >= 0.3 is 5.97 Å². The van der Waals surface area contributed by atoms with Crippen LogP contribution in [0.15, 0.2) is 42.5 Å². The molecule has 1 aliphatic carbocycles. The first-order chi connectivity index (χ1) is 13.0. The van der Waals surface area contributed by atoms with Gasteiger partial charge in [-0.05, 0) is 48.7 Å². The number of carbonyl (C=O) groups excluding carboxylic acids is 1. The highest BCUT2D eigenvalue weighted by atomic mass is 16.5. The number of rotatable bonds is 8. The summed E-state index contributed by atoms with van der Waals surface area (Å²) in [4.78, 5) is 23.3. The zero-order valence-electron chi connectivity index (χ0n) is 15.4. The molecule has 0 bridgehead atoms. The van der Waals surface area contributed by atoms with Crippen molar-refractivity contribution in [3.8, 4) is 11.5 Å². The Bertz CT molecular complexity index is 848. The number of anilines is 1. The Kier molecular flexibility index (Phi) is 5.64. The summed E-state index contributed by atoms with van der Waals surface area (Å²) in [5, 5.41) is 11.7.